The maximum absolute atomic E-state index is 9.18. The summed E-state index contributed by atoms with van der Waals surface area (Å²) in [5.41, 5.74) is 12.1. The molecule has 0 amide bonds. The lowest BCUT2D eigenvalue weighted by molar-refractivity contribution is 0.198. The first-order valence-electron chi connectivity index (χ1n) is 14.0. The van der Waals surface area contributed by atoms with Crippen molar-refractivity contribution in [1.29, 1.82) is 5.26 Å². The van der Waals surface area contributed by atoms with Crippen molar-refractivity contribution in [3.63, 3.8) is 0 Å². The van der Waals surface area contributed by atoms with E-state index in [4.69, 9.17) is 9.97 Å². The van der Waals surface area contributed by atoms with E-state index in [9.17, 15) is 5.26 Å². The van der Waals surface area contributed by atoms with Crippen LogP contribution >= 0.6 is 0 Å². The first kappa shape index (κ1) is 24.6. The lowest BCUT2D eigenvalue weighted by atomic mass is 9.97. The molecule has 2 aliphatic rings. The van der Waals surface area contributed by atoms with Gasteiger partial charge in [0, 0.05) is 36.0 Å². The normalized spacial score (nSPS) is 15.9. The molecule has 6 rings (SSSR count). The van der Waals surface area contributed by atoms with E-state index in [0.29, 0.717) is 0 Å². The number of anilines is 2. The molecule has 6 nitrogen and oxygen atoms in total. The third-order valence-electron chi connectivity index (χ3n) is 8.21. The molecule has 1 fully saturated rings. The van der Waals surface area contributed by atoms with Gasteiger partial charge in [-0.15, -0.1) is 0 Å². The average molecular weight is 505 g/mol. The van der Waals surface area contributed by atoms with Crippen molar-refractivity contribution in [2.24, 2.45) is 5.92 Å². The van der Waals surface area contributed by atoms with Gasteiger partial charge in [0.2, 0.25) is 0 Å². The minimum atomic E-state index is 0.233. The molecule has 4 aromatic rings. The number of nitriles is 1. The molecular formula is C32H36N6. The third kappa shape index (κ3) is 4.79. The number of aryl methyl sites for hydroxylation is 5. The highest BCUT2D eigenvalue weighted by Crippen LogP contribution is 2.32. The van der Waals surface area contributed by atoms with E-state index in [0.717, 1.165) is 81.0 Å². The zero-order valence-corrected chi connectivity index (χ0v) is 22.7. The lowest BCUT2D eigenvalue weighted by Gasteiger charge is -2.29. The van der Waals surface area contributed by atoms with E-state index in [-0.39, 0.29) is 5.92 Å². The lowest BCUT2D eigenvalue weighted by Crippen LogP contribution is -2.32. The molecule has 2 aromatic heterocycles. The number of rotatable bonds is 5. The molecule has 2 aliphatic heterocycles. The third-order valence-corrected chi connectivity index (χ3v) is 8.21. The van der Waals surface area contributed by atoms with Crippen LogP contribution in [0.1, 0.15) is 59.1 Å². The van der Waals surface area contributed by atoms with Crippen LogP contribution in [0.3, 0.4) is 0 Å². The second-order valence-corrected chi connectivity index (χ2v) is 11.0. The Labute approximate surface area is 225 Å². The number of imidazole rings is 1. The van der Waals surface area contributed by atoms with Crippen LogP contribution in [0.2, 0.25) is 0 Å². The van der Waals surface area contributed by atoms with Gasteiger partial charge in [0.15, 0.2) is 5.65 Å². The van der Waals surface area contributed by atoms with Crippen LogP contribution in [0.5, 0.6) is 0 Å². The second kappa shape index (κ2) is 10.2. The Balaban J connectivity index is 1.21. The first-order chi connectivity index (χ1) is 18.5. The molecule has 0 bridgehead atoms. The topological polar surface area (TPSA) is 69.8 Å². The standard InChI is InChI=1S/C32H36N6/c1-4-30-36-31-21(2)15-22(3)34-32(31)38(30)20-25-6-10-29-27(17-25)8-7-26-16-24(5-9-28(26)35-29)19-37-13-11-23(18-33)12-14-37/h5-6,9-10,15-17,23,35H,4,7-8,11-14,19-20H2,1-3H3. The maximum atomic E-state index is 9.18. The summed E-state index contributed by atoms with van der Waals surface area (Å²) in [5, 5.41) is 12.9. The fourth-order valence-corrected chi connectivity index (χ4v) is 6.11. The fourth-order valence-electron chi connectivity index (χ4n) is 6.11. The zero-order chi connectivity index (χ0) is 26.2. The Morgan fingerprint density at radius 3 is 2.21 bits per heavy atom. The number of hydrogen-bond donors (Lipinski definition) is 1. The second-order valence-electron chi connectivity index (χ2n) is 11.0. The number of nitrogens with one attached hydrogen (secondary N) is 1. The van der Waals surface area contributed by atoms with Crippen molar-refractivity contribution in [2.75, 3.05) is 18.4 Å². The van der Waals surface area contributed by atoms with Crippen molar-refractivity contribution in [1.82, 2.24) is 19.4 Å². The van der Waals surface area contributed by atoms with E-state index in [2.05, 4.69) is 84.1 Å². The molecule has 0 atom stereocenters. The van der Waals surface area contributed by atoms with Gasteiger partial charge in [0.25, 0.3) is 0 Å². The molecule has 1 saturated heterocycles. The van der Waals surface area contributed by atoms with Crippen molar-refractivity contribution < 1.29 is 0 Å². The number of nitrogens with zero attached hydrogens (tertiary/aromatic N) is 5. The molecular weight excluding hydrogens is 468 g/mol. The van der Waals surface area contributed by atoms with E-state index < -0.39 is 0 Å². The van der Waals surface area contributed by atoms with Gasteiger partial charge < -0.3 is 9.88 Å². The summed E-state index contributed by atoms with van der Waals surface area (Å²) in [4.78, 5) is 12.3. The number of likely N-dealkylation sites (tertiary alicyclic amines) is 1. The Hall–Kier alpha value is -3.69. The SMILES string of the molecule is CCc1nc2c(C)cc(C)nc2n1Cc1ccc2c(c1)CCc1cc(CN3CCC(C#N)CC3)ccc1N2. The molecule has 0 unspecified atom stereocenters. The average Bonchev–Trinajstić information content (AvgIpc) is 3.16. The number of aromatic nitrogens is 3. The van der Waals surface area contributed by atoms with E-state index in [1.54, 1.807) is 0 Å². The quantitative estimate of drug-likeness (QED) is 0.349. The van der Waals surface area contributed by atoms with Crippen molar-refractivity contribution in [3.05, 3.63) is 81.8 Å². The zero-order valence-electron chi connectivity index (χ0n) is 22.7. The van der Waals surface area contributed by atoms with Gasteiger partial charge in [-0.1, -0.05) is 31.2 Å². The van der Waals surface area contributed by atoms with Crippen molar-refractivity contribution >= 4 is 22.5 Å². The van der Waals surface area contributed by atoms with Gasteiger partial charge in [-0.25, -0.2) is 9.97 Å². The molecule has 0 saturated carbocycles. The molecule has 6 heteroatoms. The van der Waals surface area contributed by atoms with Gasteiger partial charge in [0.05, 0.1) is 12.6 Å². The fraction of sp³-hybridized carbons (Fsp3) is 0.406. The predicted octanol–water partition coefficient (Wildman–Crippen LogP) is 6.24. The summed E-state index contributed by atoms with van der Waals surface area (Å²) in [6.07, 6.45) is 4.91. The van der Waals surface area contributed by atoms with Crippen LogP contribution in [-0.2, 0) is 32.4 Å². The Morgan fingerprint density at radius 2 is 1.58 bits per heavy atom. The van der Waals surface area contributed by atoms with Crippen LogP contribution in [-0.4, -0.2) is 32.5 Å². The van der Waals surface area contributed by atoms with Gasteiger partial charge in [-0.05, 0) is 98.6 Å². The van der Waals surface area contributed by atoms with E-state index in [1.165, 1.54) is 39.2 Å². The Morgan fingerprint density at radius 1 is 0.921 bits per heavy atom. The largest absolute Gasteiger partial charge is 0.355 e. The molecule has 2 aromatic carbocycles. The van der Waals surface area contributed by atoms with E-state index in [1.807, 2.05) is 0 Å². The van der Waals surface area contributed by atoms with Crippen molar-refractivity contribution in [3.8, 4) is 6.07 Å². The molecule has 4 heterocycles. The molecule has 0 spiro atoms. The number of hydrogen-bond acceptors (Lipinski definition) is 5. The van der Waals surface area contributed by atoms with Gasteiger partial charge in [-0.3, -0.25) is 4.90 Å². The number of benzene rings is 2. The Kier molecular flexibility index (Phi) is 6.63. The number of piperidine rings is 1. The number of pyridine rings is 1. The minimum absolute atomic E-state index is 0.233. The summed E-state index contributed by atoms with van der Waals surface area (Å²) in [6, 6.07) is 18.3. The van der Waals surface area contributed by atoms with Crippen LogP contribution in [0.15, 0.2) is 42.5 Å². The Bertz CT molecular complexity index is 1530. The van der Waals surface area contributed by atoms with Crippen LogP contribution < -0.4 is 5.32 Å². The molecule has 194 valence electrons. The maximum Gasteiger partial charge on any atom is 0.160 e. The highest BCUT2D eigenvalue weighted by molar-refractivity contribution is 5.76. The summed E-state index contributed by atoms with van der Waals surface area (Å²) in [6.45, 7) is 10.1. The smallest absolute Gasteiger partial charge is 0.160 e. The summed E-state index contributed by atoms with van der Waals surface area (Å²) in [7, 11) is 0. The monoisotopic (exact) mass is 504 g/mol. The molecule has 1 N–H and O–H groups in total. The van der Waals surface area contributed by atoms with Crippen LogP contribution in [0.4, 0.5) is 11.4 Å². The highest BCUT2D eigenvalue weighted by Gasteiger charge is 2.20. The summed E-state index contributed by atoms with van der Waals surface area (Å²) >= 11 is 0. The van der Waals surface area contributed by atoms with Crippen LogP contribution in [0, 0.1) is 31.1 Å². The predicted molar refractivity (Wildman–Crippen MR) is 153 cm³/mol. The van der Waals surface area contributed by atoms with Gasteiger partial charge in [-0.2, -0.15) is 5.26 Å². The molecule has 0 aliphatic carbocycles. The first-order valence-corrected chi connectivity index (χ1v) is 14.0. The van der Waals surface area contributed by atoms with Gasteiger partial charge >= 0.3 is 0 Å². The highest BCUT2D eigenvalue weighted by atomic mass is 15.1. The number of fused-ring (bicyclic) bond motifs is 3. The van der Waals surface area contributed by atoms with E-state index >= 15 is 0 Å². The summed E-state index contributed by atoms with van der Waals surface area (Å²) < 4.78 is 2.29. The molecule has 0 radical (unpaired) electrons. The minimum Gasteiger partial charge on any atom is -0.355 e. The summed E-state index contributed by atoms with van der Waals surface area (Å²) in [5.74, 6) is 1.32. The van der Waals surface area contributed by atoms with Crippen LogP contribution in [0.25, 0.3) is 11.2 Å². The molecule has 38 heavy (non-hydrogen) atoms. The van der Waals surface area contributed by atoms with Crippen molar-refractivity contribution in [2.45, 2.75) is 66.0 Å². The van der Waals surface area contributed by atoms with Gasteiger partial charge in [0.1, 0.15) is 11.3 Å².